The molecule has 2 aromatic carbocycles. The molecule has 0 heterocycles. The molecule has 0 radical (unpaired) electrons. The molecule has 0 spiro atoms. The number of carbonyl (C=O) groups is 2. The van der Waals surface area contributed by atoms with E-state index in [2.05, 4.69) is 16.0 Å². The van der Waals surface area contributed by atoms with E-state index in [4.69, 9.17) is 16.3 Å². The minimum Gasteiger partial charge on any atom is -0.495 e. The van der Waals surface area contributed by atoms with Gasteiger partial charge in [0.2, 0.25) is 0 Å². The number of amides is 3. The first-order valence-electron chi connectivity index (χ1n) is 6.77. The highest BCUT2D eigenvalue weighted by Gasteiger charge is 2.09. The van der Waals surface area contributed by atoms with Gasteiger partial charge in [-0.3, -0.25) is 4.79 Å². The lowest BCUT2D eigenvalue weighted by molar-refractivity contribution is 0.0963. The number of anilines is 2. The predicted octanol–water partition coefficient (Wildman–Crippen LogP) is 3.35. The zero-order valence-electron chi connectivity index (χ0n) is 12.6. The van der Waals surface area contributed by atoms with E-state index in [9.17, 15) is 9.59 Å². The Morgan fingerprint density at radius 3 is 2.35 bits per heavy atom. The number of benzene rings is 2. The van der Waals surface area contributed by atoms with Gasteiger partial charge < -0.3 is 20.7 Å². The fraction of sp³-hybridized carbons (Fsp3) is 0.125. The molecule has 0 aromatic heterocycles. The van der Waals surface area contributed by atoms with Crippen molar-refractivity contribution in [2.75, 3.05) is 24.8 Å². The van der Waals surface area contributed by atoms with Crippen LogP contribution in [0.1, 0.15) is 10.4 Å². The van der Waals surface area contributed by atoms with Gasteiger partial charge >= 0.3 is 6.03 Å². The van der Waals surface area contributed by atoms with E-state index >= 15 is 0 Å². The molecule has 23 heavy (non-hydrogen) atoms. The summed E-state index contributed by atoms with van der Waals surface area (Å²) in [7, 11) is 3.06. The van der Waals surface area contributed by atoms with E-state index in [1.165, 1.54) is 7.11 Å². The van der Waals surface area contributed by atoms with Crippen molar-refractivity contribution in [1.82, 2.24) is 5.32 Å². The molecule has 0 aliphatic rings. The van der Waals surface area contributed by atoms with Gasteiger partial charge in [-0.25, -0.2) is 4.79 Å². The summed E-state index contributed by atoms with van der Waals surface area (Å²) in [5, 5.41) is 8.34. The van der Waals surface area contributed by atoms with Gasteiger partial charge in [0.15, 0.2) is 0 Å². The number of urea groups is 1. The maximum absolute atomic E-state index is 12.0. The predicted molar refractivity (Wildman–Crippen MR) is 90.5 cm³/mol. The molecule has 0 saturated heterocycles. The highest BCUT2D eigenvalue weighted by Crippen LogP contribution is 2.27. The van der Waals surface area contributed by atoms with Crippen molar-refractivity contribution in [3.05, 3.63) is 53.1 Å². The zero-order valence-corrected chi connectivity index (χ0v) is 13.4. The average Bonchev–Trinajstić information content (AvgIpc) is 2.55. The molecule has 0 unspecified atom stereocenters. The number of hydrogen-bond acceptors (Lipinski definition) is 3. The molecule has 3 amide bonds. The van der Waals surface area contributed by atoms with Crippen molar-refractivity contribution in [1.29, 1.82) is 0 Å². The van der Waals surface area contributed by atoms with Crippen molar-refractivity contribution in [2.45, 2.75) is 0 Å². The number of ether oxygens (including phenoxy) is 1. The summed E-state index contributed by atoms with van der Waals surface area (Å²) < 4.78 is 5.16. The van der Waals surface area contributed by atoms with Gasteiger partial charge in [0, 0.05) is 23.3 Å². The largest absolute Gasteiger partial charge is 0.495 e. The average molecular weight is 334 g/mol. The van der Waals surface area contributed by atoms with Crippen LogP contribution in [0.5, 0.6) is 5.75 Å². The first kappa shape index (κ1) is 16.6. The van der Waals surface area contributed by atoms with Crippen LogP contribution >= 0.6 is 11.6 Å². The third-order valence-electron chi connectivity index (χ3n) is 3.04. The van der Waals surface area contributed by atoms with E-state index in [1.54, 1.807) is 49.5 Å². The summed E-state index contributed by atoms with van der Waals surface area (Å²) in [5.41, 5.74) is 1.52. The first-order chi connectivity index (χ1) is 11.0. The third-order valence-corrected chi connectivity index (χ3v) is 3.28. The molecule has 0 atom stereocenters. The van der Waals surface area contributed by atoms with Gasteiger partial charge in [0.1, 0.15) is 5.75 Å². The van der Waals surface area contributed by atoms with E-state index < -0.39 is 6.03 Å². The van der Waals surface area contributed by atoms with E-state index in [0.717, 1.165) is 0 Å². The van der Waals surface area contributed by atoms with Crippen molar-refractivity contribution >= 4 is 34.9 Å². The second-order valence-electron chi connectivity index (χ2n) is 4.58. The van der Waals surface area contributed by atoms with Crippen molar-refractivity contribution in [3.63, 3.8) is 0 Å². The van der Waals surface area contributed by atoms with E-state index in [1.807, 2.05) is 0 Å². The SMILES string of the molecule is CNC(=O)c1ccc(NC(=O)Nc2cc(Cl)ccc2OC)cc1. The van der Waals surface area contributed by atoms with Crippen LogP contribution in [0.4, 0.5) is 16.2 Å². The Morgan fingerprint density at radius 1 is 1.04 bits per heavy atom. The van der Waals surface area contributed by atoms with Gasteiger partial charge in [-0.05, 0) is 42.5 Å². The van der Waals surface area contributed by atoms with Crippen LogP contribution in [0, 0.1) is 0 Å². The molecule has 3 N–H and O–H groups in total. The number of carbonyl (C=O) groups excluding carboxylic acids is 2. The Kier molecular flexibility index (Phi) is 5.43. The van der Waals surface area contributed by atoms with Crippen LogP contribution in [0.15, 0.2) is 42.5 Å². The first-order valence-corrected chi connectivity index (χ1v) is 7.15. The second-order valence-corrected chi connectivity index (χ2v) is 5.02. The Morgan fingerprint density at radius 2 is 1.74 bits per heavy atom. The molecule has 2 rings (SSSR count). The monoisotopic (exact) mass is 333 g/mol. The van der Waals surface area contributed by atoms with Crippen molar-refractivity contribution in [3.8, 4) is 5.75 Å². The van der Waals surface area contributed by atoms with Gasteiger partial charge in [-0.2, -0.15) is 0 Å². The third kappa shape index (κ3) is 4.37. The second kappa shape index (κ2) is 7.51. The molecular formula is C16H16ClN3O3. The Hall–Kier alpha value is -2.73. The standard InChI is InChI=1S/C16H16ClN3O3/c1-18-15(21)10-3-6-12(7-4-10)19-16(22)20-13-9-11(17)5-8-14(13)23-2/h3-9H,1-2H3,(H,18,21)(H2,19,20,22). The molecule has 2 aromatic rings. The molecule has 7 heteroatoms. The number of hydrogen-bond donors (Lipinski definition) is 3. The van der Waals surface area contributed by atoms with Crippen molar-refractivity contribution < 1.29 is 14.3 Å². The molecule has 6 nitrogen and oxygen atoms in total. The van der Waals surface area contributed by atoms with Crippen LogP contribution in [0.25, 0.3) is 0 Å². The zero-order chi connectivity index (χ0) is 16.8. The van der Waals surface area contributed by atoms with Crippen molar-refractivity contribution in [2.24, 2.45) is 0 Å². The van der Waals surface area contributed by atoms with Crippen LogP contribution < -0.4 is 20.7 Å². The maximum Gasteiger partial charge on any atom is 0.323 e. The smallest absolute Gasteiger partial charge is 0.323 e. The number of methoxy groups -OCH3 is 1. The molecule has 120 valence electrons. The van der Waals surface area contributed by atoms with Gasteiger partial charge in [-0.1, -0.05) is 11.6 Å². The fourth-order valence-electron chi connectivity index (χ4n) is 1.91. The Bertz CT molecular complexity index is 717. The summed E-state index contributed by atoms with van der Waals surface area (Å²) >= 11 is 5.91. The Balaban J connectivity index is 2.05. The van der Waals surface area contributed by atoms with Gasteiger partial charge in [-0.15, -0.1) is 0 Å². The lowest BCUT2D eigenvalue weighted by Crippen LogP contribution is -2.20. The van der Waals surface area contributed by atoms with Crippen LogP contribution in [0.3, 0.4) is 0 Å². The minimum atomic E-state index is -0.446. The van der Waals surface area contributed by atoms with E-state index in [-0.39, 0.29) is 5.91 Å². The number of nitrogens with one attached hydrogen (secondary N) is 3. The molecule has 0 bridgehead atoms. The lowest BCUT2D eigenvalue weighted by Gasteiger charge is -2.11. The van der Waals surface area contributed by atoms with E-state index in [0.29, 0.717) is 27.7 Å². The molecule has 0 fully saturated rings. The number of halogens is 1. The summed E-state index contributed by atoms with van der Waals surface area (Å²) in [6.07, 6.45) is 0. The topological polar surface area (TPSA) is 79.5 Å². The van der Waals surface area contributed by atoms with Crippen LogP contribution in [-0.4, -0.2) is 26.1 Å². The summed E-state index contributed by atoms with van der Waals surface area (Å²) in [6.45, 7) is 0. The summed E-state index contributed by atoms with van der Waals surface area (Å²) in [4.78, 5) is 23.5. The van der Waals surface area contributed by atoms with Crippen LogP contribution in [-0.2, 0) is 0 Å². The minimum absolute atomic E-state index is 0.190. The highest BCUT2D eigenvalue weighted by atomic mass is 35.5. The summed E-state index contributed by atoms with van der Waals surface area (Å²) in [6, 6.07) is 11.0. The Labute approximate surface area is 138 Å². The van der Waals surface area contributed by atoms with Gasteiger partial charge in [0.05, 0.1) is 12.8 Å². The van der Waals surface area contributed by atoms with Gasteiger partial charge in [0.25, 0.3) is 5.91 Å². The molecular weight excluding hydrogens is 318 g/mol. The normalized spacial score (nSPS) is 9.87. The highest BCUT2D eigenvalue weighted by molar-refractivity contribution is 6.31. The summed E-state index contributed by atoms with van der Waals surface area (Å²) in [5.74, 6) is 0.309. The quantitative estimate of drug-likeness (QED) is 0.802. The van der Waals surface area contributed by atoms with Crippen LogP contribution in [0.2, 0.25) is 5.02 Å². The molecule has 0 saturated carbocycles. The molecule has 0 aliphatic carbocycles. The lowest BCUT2D eigenvalue weighted by atomic mass is 10.2. The number of rotatable bonds is 4. The fourth-order valence-corrected chi connectivity index (χ4v) is 2.08. The molecule has 0 aliphatic heterocycles. The maximum atomic E-state index is 12.0.